The van der Waals surface area contributed by atoms with Gasteiger partial charge in [0.15, 0.2) is 0 Å². The molecular formula is C14H21NO3S2. The van der Waals surface area contributed by atoms with E-state index in [1.165, 1.54) is 17.8 Å². The molecule has 0 spiro atoms. The van der Waals surface area contributed by atoms with E-state index in [1.807, 2.05) is 0 Å². The summed E-state index contributed by atoms with van der Waals surface area (Å²) in [5.41, 5.74) is 0. The zero-order valence-corrected chi connectivity index (χ0v) is 13.1. The molecule has 1 saturated carbocycles. The van der Waals surface area contributed by atoms with Crippen LogP contribution in [0.4, 0.5) is 0 Å². The number of piperidine rings is 1. The van der Waals surface area contributed by atoms with Crippen LogP contribution in [0.15, 0.2) is 16.3 Å². The van der Waals surface area contributed by atoms with E-state index >= 15 is 0 Å². The Morgan fingerprint density at radius 1 is 1.25 bits per heavy atom. The number of hydrogen-bond donors (Lipinski definition) is 1. The molecule has 0 radical (unpaired) electrons. The summed E-state index contributed by atoms with van der Waals surface area (Å²) in [7, 11) is -3.45. The van der Waals surface area contributed by atoms with Gasteiger partial charge in [0.25, 0.3) is 0 Å². The average Bonchev–Trinajstić information content (AvgIpc) is 2.96. The lowest BCUT2D eigenvalue weighted by atomic mass is 9.79. The van der Waals surface area contributed by atoms with Crippen molar-refractivity contribution in [2.45, 2.75) is 56.1 Å². The van der Waals surface area contributed by atoms with Gasteiger partial charge in [-0.15, -0.1) is 11.3 Å². The molecule has 1 saturated heterocycles. The molecule has 2 atom stereocenters. The van der Waals surface area contributed by atoms with Crippen LogP contribution in [0.1, 0.15) is 43.4 Å². The first-order chi connectivity index (χ1) is 9.64. The third-order valence-electron chi connectivity index (χ3n) is 4.63. The molecule has 1 aromatic rings. The Kier molecular flexibility index (Phi) is 4.17. The second-order valence-corrected chi connectivity index (χ2v) is 8.60. The second-order valence-electron chi connectivity index (χ2n) is 5.74. The number of fused-ring (bicyclic) bond motifs is 1. The average molecular weight is 315 g/mol. The van der Waals surface area contributed by atoms with Gasteiger partial charge in [0, 0.05) is 17.5 Å². The number of hydrogen-bond acceptors (Lipinski definition) is 4. The molecule has 2 heterocycles. The van der Waals surface area contributed by atoms with Crippen LogP contribution in [0.3, 0.4) is 0 Å². The van der Waals surface area contributed by atoms with Crippen molar-refractivity contribution in [3.8, 4) is 0 Å². The maximum atomic E-state index is 12.9. The predicted octanol–water partition coefficient (Wildman–Crippen LogP) is 2.58. The first-order valence-corrected chi connectivity index (χ1v) is 9.65. The van der Waals surface area contributed by atoms with E-state index in [2.05, 4.69) is 0 Å². The first kappa shape index (κ1) is 14.5. The van der Waals surface area contributed by atoms with Crippen molar-refractivity contribution in [3.63, 3.8) is 0 Å². The minimum Gasteiger partial charge on any atom is -0.391 e. The molecule has 2 fully saturated rings. The Morgan fingerprint density at radius 2 is 2.00 bits per heavy atom. The molecule has 1 aromatic heterocycles. The van der Waals surface area contributed by atoms with Gasteiger partial charge in [0.1, 0.15) is 0 Å². The van der Waals surface area contributed by atoms with E-state index in [1.54, 1.807) is 15.8 Å². The monoisotopic (exact) mass is 315 g/mol. The molecule has 2 aliphatic rings. The molecule has 1 N–H and O–H groups in total. The first-order valence-electron chi connectivity index (χ1n) is 7.33. The number of aliphatic hydroxyl groups is 1. The van der Waals surface area contributed by atoms with Gasteiger partial charge in [-0.1, -0.05) is 12.8 Å². The number of aliphatic hydroxyl groups excluding tert-OH is 1. The highest BCUT2D eigenvalue weighted by Crippen LogP contribution is 2.39. The minimum absolute atomic E-state index is 0.175. The molecule has 0 aromatic carbocycles. The summed E-state index contributed by atoms with van der Waals surface area (Å²) in [4.78, 5) is 0.874. The van der Waals surface area contributed by atoms with Crippen LogP contribution in [0.25, 0.3) is 0 Å². The van der Waals surface area contributed by atoms with Gasteiger partial charge < -0.3 is 5.11 Å². The normalized spacial score (nSPS) is 28.2. The van der Waals surface area contributed by atoms with E-state index in [-0.39, 0.29) is 12.6 Å². The lowest BCUT2D eigenvalue weighted by molar-refractivity contribution is 0.129. The van der Waals surface area contributed by atoms with Crippen molar-refractivity contribution in [1.82, 2.24) is 4.31 Å². The van der Waals surface area contributed by atoms with E-state index in [0.717, 1.165) is 32.1 Å². The lowest BCUT2D eigenvalue weighted by Crippen LogP contribution is -2.49. The van der Waals surface area contributed by atoms with E-state index in [4.69, 9.17) is 0 Å². The molecule has 1 aliphatic carbocycles. The third-order valence-corrected chi connectivity index (χ3v) is 7.67. The maximum absolute atomic E-state index is 12.9. The van der Waals surface area contributed by atoms with E-state index in [9.17, 15) is 13.5 Å². The van der Waals surface area contributed by atoms with Crippen LogP contribution in [0.5, 0.6) is 0 Å². The van der Waals surface area contributed by atoms with Crippen LogP contribution in [-0.2, 0) is 16.6 Å². The molecule has 0 bridgehead atoms. The fourth-order valence-electron chi connectivity index (χ4n) is 3.68. The zero-order chi connectivity index (χ0) is 14.2. The van der Waals surface area contributed by atoms with Gasteiger partial charge in [-0.25, -0.2) is 8.42 Å². The number of sulfonamides is 1. The van der Waals surface area contributed by atoms with Crippen molar-refractivity contribution >= 4 is 21.4 Å². The van der Waals surface area contributed by atoms with Crippen molar-refractivity contribution in [2.75, 3.05) is 6.54 Å². The van der Waals surface area contributed by atoms with Crippen LogP contribution >= 0.6 is 11.3 Å². The smallest absolute Gasteiger partial charge is 0.244 e. The Labute approximate surface area is 124 Å². The summed E-state index contributed by atoms with van der Waals surface area (Å²) in [6.07, 6.45) is 6.63. The number of nitrogens with zero attached hydrogens (tertiary/aromatic N) is 1. The Bertz CT molecular complexity index is 565. The highest BCUT2D eigenvalue weighted by Gasteiger charge is 2.40. The van der Waals surface area contributed by atoms with Gasteiger partial charge >= 0.3 is 0 Å². The highest BCUT2D eigenvalue weighted by molar-refractivity contribution is 7.89. The van der Waals surface area contributed by atoms with Crippen LogP contribution in [0, 0.1) is 5.92 Å². The Hall–Kier alpha value is -0.430. The standard InChI is InChI=1S/C14H21NO3S2/c16-10-13-14(7-9-19-13)20(17,18)15-8-3-5-11-4-1-2-6-12(11)15/h7,9,11-12,16H,1-6,8,10H2/t11-,12-/m1/s1. The molecule has 4 nitrogen and oxygen atoms in total. The summed E-state index contributed by atoms with van der Waals surface area (Å²) in [6, 6.07) is 1.81. The molecule has 6 heteroatoms. The molecule has 20 heavy (non-hydrogen) atoms. The van der Waals surface area contributed by atoms with E-state index < -0.39 is 10.0 Å². The number of rotatable bonds is 3. The van der Waals surface area contributed by atoms with Gasteiger partial charge in [-0.3, -0.25) is 0 Å². The molecule has 0 amide bonds. The minimum atomic E-state index is -3.45. The summed E-state index contributed by atoms with van der Waals surface area (Å²) in [5.74, 6) is 0.531. The third kappa shape index (κ3) is 2.43. The molecule has 0 unspecified atom stereocenters. The summed E-state index contributed by atoms with van der Waals surface area (Å²) < 4.78 is 27.5. The Balaban J connectivity index is 1.93. The quantitative estimate of drug-likeness (QED) is 0.932. The lowest BCUT2D eigenvalue weighted by Gasteiger charge is -2.43. The zero-order valence-electron chi connectivity index (χ0n) is 11.5. The second kappa shape index (κ2) is 5.75. The van der Waals surface area contributed by atoms with Crippen molar-refractivity contribution in [2.24, 2.45) is 5.92 Å². The van der Waals surface area contributed by atoms with E-state index in [0.29, 0.717) is 22.2 Å². The van der Waals surface area contributed by atoms with Crippen LogP contribution in [0.2, 0.25) is 0 Å². The van der Waals surface area contributed by atoms with Gasteiger partial charge in [-0.05, 0) is 43.0 Å². The largest absolute Gasteiger partial charge is 0.391 e. The highest BCUT2D eigenvalue weighted by atomic mass is 32.2. The summed E-state index contributed by atoms with van der Waals surface area (Å²) >= 11 is 1.31. The molecule has 1 aliphatic heterocycles. The summed E-state index contributed by atoms with van der Waals surface area (Å²) in [6.45, 7) is 0.429. The van der Waals surface area contributed by atoms with Gasteiger partial charge in [0.05, 0.1) is 11.5 Å². The van der Waals surface area contributed by atoms with Crippen LogP contribution in [-0.4, -0.2) is 30.4 Å². The maximum Gasteiger partial charge on any atom is 0.244 e. The molecule has 112 valence electrons. The predicted molar refractivity (Wildman–Crippen MR) is 79.1 cm³/mol. The molecule has 3 rings (SSSR count). The fraction of sp³-hybridized carbons (Fsp3) is 0.714. The van der Waals surface area contributed by atoms with Gasteiger partial charge in [-0.2, -0.15) is 4.31 Å². The number of thiophene rings is 1. The summed E-state index contributed by atoms with van der Waals surface area (Å²) in [5, 5.41) is 11.1. The van der Waals surface area contributed by atoms with Crippen LogP contribution < -0.4 is 0 Å². The van der Waals surface area contributed by atoms with Crippen molar-refractivity contribution < 1.29 is 13.5 Å². The van der Waals surface area contributed by atoms with Crippen molar-refractivity contribution in [1.29, 1.82) is 0 Å². The fourth-order valence-corrected chi connectivity index (χ4v) is 6.70. The molecular weight excluding hydrogens is 294 g/mol. The SMILES string of the molecule is O=S(=O)(c1ccsc1CO)N1CCC[C@H]2CCCC[C@H]21. The topological polar surface area (TPSA) is 57.6 Å². The van der Waals surface area contributed by atoms with Gasteiger partial charge in [0.2, 0.25) is 10.0 Å². The van der Waals surface area contributed by atoms with Crippen molar-refractivity contribution in [3.05, 3.63) is 16.3 Å². The Morgan fingerprint density at radius 3 is 2.80 bits per heavy atom.